The topological polar surface area (TPSA) is 0 Å². The van der Waals surface area contributed by atoms with E-state index in [4.69, 9.17) is 0 Å². The Morgan fingerprint density at radius 3 is 1.75 bits per heavy atom. The monoisotopic (exact) mass is 859 g/mol. The van der Waals surface area contributed by atoms with Crippen LogP contribution in [0.2, 0.25) is 0 Å². The Morgan fingerprint density at radius 1 is 0.730 bits per heavy atom. The van der Waals surface area contributed by atoms with Gasteiger partial charge in [-0.05, 0) is 141 Å². The Balaban J connectivity index is -0.000000528. The van der Waals surface area contributed by atoms with Crippen molar-refractivity contribution in [3.8, 4) is 0 Å². The minimum atomic E-state index is 0. The van der Waals surface area contributed by atoms with Crippen molar-refractivity contribution in [2.24, 2.45) is 5.92 Å². The molecule has 0 heteroatoms. The van der Waals surface area contributed by atoms with E-state index in [0.29, 0.717) is 23.7 Å². The predicted molar refractivity (Wildman–Crippen MR) is 298 cm³/mol. The largest absolute Gasteiger partial charge is 0.0991 e. The van der Waals surface area contributed by atoms with Gasteiger partial charge in [-0.3, -0.25) is 0 Å². The highest BCUT2D eigenvalue weighted by atomic mass is 14.3. The van der Waals surface area contributed by atoms with Crippen LogP contribution >= 0.6 is 0 Å². The highest BCUT2D eigenvalue weighted by molar-refractivity contribution is 5.83. The van der Waals surface area contributed by atoms with Crippen LogP contribution in [0.4, 0.5) is 0 Å². The predicted octanol–water partition coefficient (Wildman–Crippen LogP) is 21.4. The zero-order chi connectivity index (χ0) is 47.9. The van der Waals surface area contributed by atoms with Gasteiger partial charge in [0.1, 0.15) is 0 Å². The Hall–Kier alpha value is -4.16. The number of hydrogen-bond donors (Lipinski definition) is 0. The molecule has 0 N–H and O–H groups in total. The number of hydrogen-bond acceptors (Lipinski definition) is 0. The van der Waals surface area contributed by atoms with Gasteiger partial charge in [0.2, 0.25) is 0 Å². The summed E-state index contributed by atoms with van der Waals surface area (Å²) < 4.78 is 0. The lowest BCUT2D eigenvalue weighted by atomic mass is 9.70. The molecule has 0 heterocycles. The lowest BCUT2D eigenvalue weighted by Gasteiger charge is -2.34. The number of aryl methyl sites for hydroxylation is 1. The van der Waals surface area contributed by atoms with Crippen molar-refractivity contribution in [3.63, 3.8) is 0 Å². The zero-order valence-corrected chi connectivity index (χ0v) is 44.1. The Kier molecular flexibility index (Phi) is 44.8. The summed E-state index contributed by atoms with van der Waals surface area (Å²) >= 11 is 0. The quantitative estimate of drug-likeness (QED) is 0.0861. The van der Waals surface area contributed by atoms with Crippen LogP contribution in [0.15, 0.2) is 134 Å². The van der Waals surface area contributed by atoms with Crippen LogP contribution in [0, 0.1) is 12.8 Å². The van der Waals surface area contributed by atoms with Crippen LogP contribution in [0.5, 0.6) is 0 Å². The Bertz CT molecular complexity index is 1690. The second-order valence-electron chi connectivity index (χ2n) is 15.3. The van der Waals surface area contributed by atoms with E-state index in [1.165, 1.54) is 70.2 Å². The molecule has 0 radical (unpaired) electrons. The summed E-state index contributed by atoms with van der Waals surface area (Å²) in [5, 5.41) is 0. The third-order valence-electron chi connectivity index (χ3n) is 10.5. The van der Waals surface area contributed by atoms with Crippen LogP contribution in [0.25, 0.3) is 11.6 Å². The molecule has 0 fully saturated rings. The molecule has 0 spiro atoms. The van der Waals surface area contributed by atoms with Crippen LogP contribution in [-0.2, 0) is 12.8 Å². The third kappa shape index (κ3) is 26.3. The Morgan fingerprint density at radius 2 is 1.29 bits per heavy atom. The third-order valence-corrected chi connectivity index (χ3v) is 10.5. The van der Waals surface area contributed by atoms with Gasteiger partial charge in [-0.2, -0.15) is 0 Å². The number of rotatable bonds is 14. The fourth-order valence-corrected chi connectivity index (χ4v) is 7.12. The average Bonchev–Trinajstić information content (AvgIpc) is 3.32. The van der Waals surface area contributed by atoms with Gasteiger partial charge in [-0.1, -0.05) is 256 Å². The summed E-state index contributed by atoms with van der Waals surface area (Å²) in [6, 6.07) is 22.8. The smallest absolute Gasteiger partial charge is 0.00913 e. The molecule has 2 unspecified atom stereocenters. The van der Waals surface area contributed by atoms with Gasteiger partial charge in [0.25, 0.3) is 0 Å². The summed E-state index contributed by atoms with van der Waals surface area (Å²) in [4.78, 5) is 0. The van der Waals surface area contributed by atoms with Crippen LogP contribution < -0.4 is 0 Å². The first kappa shape index (κ1) is 65.5. The highest BCUT2D eigenvalue weighted by Crippen LogP contribution is 2.44. The van der Waals surface area contributed by atoms with E-state index >= 15 is 0 Å². The van der Waals surface area contributed by atoms with Gasteiger partial charge in [-0.15, -0.1) is 0 Å². The summed E-state index contributed by atoms with van der Waals surface area (Å²) in [6.07, 6.45) is 31.9. The molecule has 4 rings (SSSR count). The van der Waals surface area contributed by atoms with E-state index in [-0.39, 0.29) is 7.43 Å². The SMILES string of the molecule is C.C/C=C(C)\C=C/Cc1ccc(/C(=C\c2ccc(C(C)C)cc2)CC)c2c1C(C(/C=C/C)CC)CCC2.C=C/C=C\C=C/CC.CC.CC.CC.CC.Cc1ccc(C(C)C)cc1. The molecule has 3 aromatic carbocycles. The van der Waals surface area contributed by atoms with Crippen molar-refractivity contribution in [2.75, 3.05) is 0 Å². The minimum absolute atomic E-state index is 0. The van der Waals surface area contributed by atoms with Gasteiger partial charge >= 0.3 is 0 Å². The molecule has 0 nitrogen and oxygen atoms in total. The maximum absolute atomic E-state index is 3.54. The van der Waals surface area contributed by atoms with Gasteiger partial charge in [0, 0.05) is 0 Å². The fourth-order valence-electron chi connectivity index (χ4n) is 7.12. The van der Waals surface area contributed by atoms with E-state index in [2.05, 4.69) is 186 Å². The van der Waals surface area contributed by atoms with E-state index in [0.717, 1.165) is 19.3 Å². The van der Waals surface area contributed by atoms with Crippen molar-refractivity contribution in [1.82, 2.24) is 0 Å². The molecule has 1 aliphatic rings. The molecule has 0 aliphatic heterocycles. The van der Waals surface area contributed by atoms with Crippen LogP contribution in [-0.4, -0.2) is 0 Å². The van der Waals surface area contributed by atoms with Gasteiger partial charge in [0.15, 0.2) is 0 Å². The van der Waals surface area contributed by atoms with Crippen molar-refractivity contribution in [2.45, 2.75) is 202 Å². The lowest BCUT2D eigenvalue weighted by molar-refractivity contribution is 0.428. The van der Waals surface area contributed by atoms with E-state index in [1.54, 1.807) is 17.2 Å². The maximum Gasteiger partial charge on any atom is -0.00913 e. The molecular weight excluding hydrogens is 757 g/mol. The second-order valence-corrected chi connectivity index (χ2v) is 15.3. The fraction of sp³-hybridized carbons (Fsp3) is 0.492. The van der Waals surface area contributed by atoms with Crippen molar-refractivity contribution < 1.29 is 0 Å². The lowest BCUT2D eigenvalue weighted by Crippen LogP contribution is -2.20. The van der Waals surface area contributed by atoms with Gasteiger partial charge in [0.05, 0.1) is 0 Å². The Labute approximate surface area is 395 Å². The van der Waals surface area contributed by atoms with Crippen LogP contribution in [0.3, 0.4) is 0 Å². The molecule has 0 bridgehead atoms. The molecule has 354 valence electrons. The zero-order valence-electron chi connectivity index (χ0n) is 44.1. The first-order valence-electron chi connectivity index (χ1n) is 24.9. The average molecular weight is 860 g/mol. The minimum Gasteiger partial charge on any atom is -0.0991 e. The molecule has 3 aromatic rings. The summed E-state index contributed by atoms with van der Waals surface area (Å²) in [5.41, 5.74) is 14.6. The van der Waals surface area contributed by atoms with E-state index < -0.39 is 0 Å². The normalized spacial score (nSPS) is 13.6. The summed E-state index contributed by atoms with van der Waals surface area (Å²) in [5.74, 6) is 2.45. The maximum atomic E-state index is 3.54. The number of allylic oxidation sites excluding steroid dienone is 12. The molecule has 0 saturated carbocycles. The number of fused-ring (bicyclic) bond motifs is 1. The summed E-state index contributed by atoms with van der Waals surface area (Å²) in [6.45, 7) is 43.9. The number of benzene rings is 3. The van der Waals surface area contributed by atoms with Gasteiger partial charge < -0.3 is 0 Å². The van der Waals surface area contributed by atoms with E-state index in [1.807, 2.05) is 73.6 Å². The molecular formula is C63H102. The van der Waals surface area contributed by atoms with Crippen molar-refractivity contribution in [1.29, 1.82) is 0 Å². The molecule has 0 aromatic heterocycles. The molecule has 63 heavy (non-hydrogen) atoms. The summed E-state index contributed by atoms with van der Waals surface area (Å²) in [7, 11) is 0. The van der Waals surface area contributed by atoms with Crippen molar-refractivity contribution >= 4 is 11.6 Å². The molecule has 0 amide bonds. The van der Waals surface area contributed by atoms with Crippen LogP contribution in [0.1, 0.15) is 226 Å². The molecule has 2 atom stereocenters. The van der Waals surface area contributed by atoms with Crippen molar-refractivity contribution in [3.05, 3.63) is 178 Å². The highest BCUT2D eigenvalue weighted by Gasteiger charge is 2.29. The van der Waals surface area contributed by atoms with E-state index in [9.17, 15) is 0 Å². The second kappa shape index (κ2) is 43.1. The molecule has 1 aliphatic carbocycles. The standard InChI is InChI=1S/C36H48.C10H14.C8H12.4C2H6.CH4/c1-8-14-29(10-3)34-17-13-18-35-33(24-23-32(36(34)35)16-12-15-27(7)9-2)30(11-4)25-28-19-21-31(22-20-28)26(5)6;1-8(2)10-6-4-9(3)5-7-10;1-3-5-7-8-6-4-2;4*1-2;/h8-9,12,14-15,19-26,29,34H,10-11,13,16-18H2,1-7H3;4-8H,1-3H3;3,5-8H,1,4H2,2H3;4*1-2H3;1H4/b14-8+,15-12-,27-9-,30-25-;;7-5-,8-6-;;;;;. The first-order valence-corrected chi connectivity index (χ1v) is 24.9. The molecule has 0 saturated heterocycles. The first-order chi connectivity index (χ1) is 30.0. The van der Waals surface area contributed by atoms with Gasteiger partial charge in [-0.25, -0.2) is 0 Å².